The SMILES string of the molecule is Cc1c(NC(=O)[C@@H]2CCC[C@@H]2CN)sc2c1CCCC2. The predicted octanol–water partition coefficient (Wildman–Crippen LogP) is 3.25. The Balaban J connectivity index is 1.74. The molecule has 3 rings (SSSR count). The van der Waals surface area contributed by atoms with Gasteiger partial charge < -0.3 is 11.1 Å². The second-order valence-electron chi connectivity index (χ2n) is 6.19. The van der Waals surface area contributed by atoms with Crippen LogP contribution in [-0.2, 0) is 17.6 Å². The zero-order valence-electron chi connectivity index (χ0n) is 12.2. The monoisotopic (exact) mass is 292 g/mol. The molecule has 1 fully saturated rings. The molecular formula is C16H24N2OS. The molecule has 3 nitrogen and oxygen atoms in total. The van der Waals surface area contributed by atoms with Gasteiger partial charge in [0.05, 0.1) is 5.00 Å². The maximum Gasteiger partial charge on any atom is 0.228 e. The van der Waals surface area contributed by atoms with Gasteiger partial charge in [-0.2, -0.15) is 0 Å². The van der Waals surface area contributed by atoms with Crippen molar-refractivity contribution in [1.82, 2.24) is 0 Å². The van der Waals surface area contributed by atoms with Crippen LogP contribution >= 0.6 is 11.3 Å². The summed E-state index contributed by atoms with van der Waals surface area (Å²) in [6.45, 7) is 2.79. The predicted molar refractivity (Wildman–Crippen MR) is 84.2 cm³/mol. The first-order valence-corrected chi connectivity index (χ1v) is 8.64. The third kappa shape index (κ3) is 2.51. The Bertz CT molecular complexity index is 509. The number of carbonyl (C=O) groups excluding carboxylic acids is 1. The van der Waals surface area contributed by atoms with Crippen molar-refractivity contribution < 1.29 is 4.79 Å². The molecule has 0 saturated heterocycles. The maximum absolute atomic E-state index is 12.5. The lowest BCUT2D eigenvalue weighted by Gasteiger charge is -2.17. The Hall–Kier alpha value is -0.870. The van der Waals surface area contributed by atoms with Crippen LogP contribution < -0.4 is 11.1 Å². The lowest BCUT2D eigenvalue weighted by molar-refractivity contribution is -0.120. The van der Waals surface area contributed by atoms with Crippen molar-refractivity contribution in [3.63, 3.8) is 0 Å². The Morgan fingerprint density at radius 3 is 2.85 bits per heavy atom. The summed E-state index contributed by atoms with van der Waals surface area (Å²) in [6.07, 6.45) is 8.19. The van der Waals surface area contributed by atoms with E-state index in [0.29, 0.717) is 12.5 Å². The highest BCUT2D eigenvalue weighted by atomic mass is 32.1. The Kier molecular flexibility index (Phi) is 4.13. The van der Waals surface area contributed by atoms with Gasteiger partial charge in [-0.3, -0.25) is 4.79 Å². The number of amides is 1. The van der Waals surface area contributed by atoms with Crippen LogP contribution in [0.15, 0.2) is 0 Å². The van der Waals surface area contributed by atoms with Gasteiger partial charge in [-0.1, -0.05) is 6.42 Å². The lowest BCUT2D eigenvalue weighted by Crippen LogP contribution is -2.29. The number of nitrogens with two attached hydrogens (primary N) is 1. The molecule has 110 valence electrons. The van der Waals surface area contributed by atoms with Gasteiger partial charge in [0.2, 0.25) is 5.91 Å². The second kappa shape index (κ2) is 5.86. The van der Waals surface area contributed by atoms with Gasteiger partial charge in [0.25, 0.3) is 0 Å². The number of hydrogen-bond acceptors (Lipinski definition) is 3. The van der Waals surface area contributed by atoms with E-state index in [4.69, 9.17) is 5.73 Å². The van der Waals surface area contributed by atoms with Gasteiger partial charge in [0.1, 0.15) is 0 Å². The molecule has 1 aromatic heterocycles. The van der Waals surface area contributed by atoms with Gasteiger partial charge in [-0.15, -0.1) is 11.3 Å². The van der Waals surface area contributed by atoms with Crippen molar-refractivity contribution in [2.45, 2.75) is 51.9 Å². The molecule has 0 unspecified atom stereocenters. The van der Waals surface area contributed by atoms with Crippen molar-refractivity contribution in [2.75, 3.05) is 11.9 Å². The van der Waals surface area contributed by atoms with E-state index in [0.717, 1.165) is 24.3 Å². The number of anilines is 1. The third-order valence-electron chi connectivity index (χ3n) is 4.97. The maximum atomic E-state index is 12.5. The van der Waals surface area contributed by atoms with Crippen LogP contribution in [0.1, 0.15) is 48.1 Å². The van der Waals surface area contributed by atoms with Gasteiger partial charge in [0.15, 0.2) is 0 Å². The summed E-state index contributed by atoms with van der Waals surface area (Å²) in [7, 11) is 0. The molecule has 20 heavy (non-hydrogen) atoms. The smallest absolute Gasteiger partial charge is 0.228 e. The topological polar surface area (TPSA) is 55.1 Å². The normalized spacial score (nSPS) is 25.5. The summed E-state index contributed by atoms with van der Waals surface area (Å²) < 4.78 is 0. The molecule has 1 heterocycles. The molecule has 2 atom stereocenters. The fraction of sp³-hybridized carbons (Fsp3) is 0.688. The second-order valence-corrected chi connectivity index (χ2v) is 7.29. The van der Waals surface area contributed by atoms with Crippen molar-refractivity contribution in [2.24, 2.45) is 17.6 Å². The lowest BCUT2D eigenvalue weighted by atomic mass is 9.95. The fourth-order valence-corrected chi connectivity index (χ4v) is 5.01. The number of thiophene rings is 1. The molecule has 2 aliphatic carbocycles. The summed E-state index contributed by atoms with van der Waals surface area (Å²) in [4.78, 5) is 14.0. The zero-order valence-corrected chi connectivity index (χ0v) is 13.0. The Morgan fingerprint density at radius 2 is 2.10 bits per heavy atom. The summed E-state index contributed by atoms with van der Waals surface area (Å²) in [5.74, 6) is 0.697. The van der Waals surface area contributed by atoms with E-state index < -0.39 is 0 Å². The van der Waals surface area contributed by atoms with E-state index in [1.54, 1.807) is 11.3 Å². The molecule has 4 heteroatoms. The van der Waals surface area contributed by atoms with E-state index in [1.165, 1.54) is 41.7 Å². The standard InChI is InChI=1S/C16H24N2OS/c1-10-12-6-2-3-8-14(12)20-16(10)18-15(19)13-7-4-5-11(13)9-17/h11,13H,2-9,17H2,1H3,(H,18,19)/t11-,13-/m1/s1. The summed E-state index contributed by atoms with van der Waals surface area (Å²) in [6, 6.07) is 0. The number of hydrogen-bond donors (Lipinski definition) is 2. The molecule has 1 saturated carbocycles. The van der Waals surface area contributed by atoms with Gasteiger partial charge >= 0.3 is 0 Å². The number of aryl methyl sites for hydroxylation is 1. The highest BCUT2D eigenvalue weighted by Crippen LogP contribution is 2.39. The third-order valence-corrected chi connectivity index (χ3v) is 6.28. The summed E-state index contributed by atoms with van der Waals surface area (Å²) in [5, 5.41) is 4.29. The molecule has 3 N–H and O–H groups in total. The largest absolute Gasteiger partial charge is 0.330 e. The van der Waals surface area contributed by atoms with Crippen molar-refractivity contribution in [3.8, 4) is 0 Å². The van der Waals surface area contributed by atoms with Crippen LogP contribution in [0.4, 0.5) is 5.00 Å². The minimum atomic E-state index is 0.124. The first-order valence-electron chi connectivity index (χ1n) is 7.82. The van der Waals surface area contributed by atoms with Crippen molar-refractivity contribution in [3.05, 3.63) is 16.0 Å². The van der Waals surface area contributed by atoms with E-state index in [9.17, 15) is 4.79 Å². The average Bonchev–Trinajstić information content (AvgIpc) is 3.05. The fourth-order valence-electron chi connectivity index (χ4n) is 3.71. The zero-order chi connectivity index (χ0) is 14.1. The first kappa shape index (κ1) is 14.1. The van der Waals surface area contributed by atoms with Crippen LogP contribution in [0, 0.1) is 18.8 Å². The molecule has 1 amide bonds. The minimum Gasteiger partial charge on any atom is -0.330 e. The molecule has 0 aliphatic heterocycles. The van der Waals surface area contributed by atoms with Gasteiger partial charge in [0, 0.05) is 10.8 Å². The van der Waals surface area contributed by atoms with Crippen LogP contribution in [0.5, 0.6) is 0 Å². The summed E-state index contributed by atoms with van der Waals surface area (Å²) >= 11 is 1.79. The number of nitrogens with one attached hydrogen (secondary N) is 1. The molecule has 2 aliphatic rings. The molecule has 0 spiro atoms. The van der Waals surface area contributed by atoms with E-state index >= 15 is 0 Å². The van der Waals surface area contributed by atoms with Crippen LogP contribution in [0.3, 0.4) is 0 Å². The Labute approximate surface area is 124 Å². The van der Waals surface area contributed by atoms with E-state index in [-0.39, 0.29) is 11.8 Å². The molecule has 0 bridgehead atoms. The number of rotatable bonds is 3. The van der Waals surface area contributed by atoms with Crippen LogP contribution in [0.25, 0.3) is 0 Å². The number of fused-ring (bicyclic) bond motifs is 1. The van der Waals surface area contributed by atoms with Crippen molar-refractivity contribution >= 4 is 22.2 Å². The highest BCUT2D eigenvalue weighted by molar-refractivity contribution is 7.16. The summed E-state index contributed by atoms with van der Waals surface area (Å²) in [5.41, 5.74) is 8.59. The Morgan fingerprint density at radius 1 is 1.30 bits per heavy atom. The van der Waals surface area contributed by atoms with Crippen molar-refractivity contribution in [1.29, 1.82) is 0 Å². The molecule has 1 aromatic rings. The average molecular weight is 292 g/mol. The van der Waals surface area contributed by atoms with Crippen LogP contribution in [-0.4, -0.2) is 12.5 Å². The van der Waals surface area contributed by atoms with E-state index in [2.05, 4.69) is 12.2 Å². The quantitative estimate of drug-likeness (QED) is 0.898. The highest BCUT2D eigenvalue weighted by Gasteiger charge is 2.32. The molecular weight excluding hydrogens is 268 g/mol. The van der Waals surface area contributed by atoms with E-state index in [1.807, 2.05) is 0 Å². The first-order chi connectivity index (χ1) is 9.70. The van der Waals surface area contributed by atoms with Gasteiger partial charge in [-0.25, -0.2) is 0 Å². The van der Waals surface area contributed by atoms with Gasteiger partial charge in [-0.05, 0) is 69.0 Å². The molecule has 0 aromatic carbocycles. The number of carbonyl (C=O) groups is 1. The molecule has 0 radical (unpaired) electrons. The van der Waals surface area contributed by atoms with Crippen LogP contribution in [0.2, 0.25) is 0 Å². The minimum absolute atomic E-state index is 0.124.